The van der Waals surface area contributed by atoms with Gasteiger partial charge in [-0.25, -0.2) is 4.98 Å². The number of nitrogens with one attached hydrogen (secondary N) is 1. The third-order valence-electron chi connectivity index (χ3n) is 4.16. The Balaban J connectivity index is 1.46. The topological polar surface area (TPSA) is 88.1 Å². The molecule has 0 saturated carbocycles. The van der Waals surface area contributed by atoms with Crippen LogP contribution in [0.2, 0.25) is 0 Å². The molecule has 0 aromatic carbocycles. The molecule has 0 bridgehead atoms. The van der Waals surface area contributed by atoms with Crippen molar-refractivity contribution in [3.05, 3.63) is 54.4 Å². The van der Waals surface area contributed by atoms with Crippen molar-refractivity contribution in [2.45, 2.75) is 12.8 Å². The standard InChI is InChI=1S/C17H19N5O2/c23-16(15-12-19-6-7-20-15)21-10-13-3-8-22(9-4-13)17(24)14-2-1-5-18-11-14/h1-2,5-7,11-13H,3-4,8-10H2,(H,21,23). The minimum absolute atomic E-state index is 0.0187. The van der Waals surface area contributed by atoms with Gasteiger partial charge in [0, 0.05) is 44.4 Å². The quantitative estimate of drug-likeness (QED) is 0.911. The number of pyridine rings is 1. The zero-order valence-electron chi connectivity index (χ0n) is 13.3. The Hall–Kier alpha value is -2.83. The molecule has 2 aromatic rings. The van der Waals surface area contributed by atoms with Crippen molar-refractivity contribution in [3.8, 4) is 0 Å². The fourth-order valence-electron chi connectivity index (χ4n) is 2.76. The predicted octanol–water partition coefficient (Wildman–Crippen LogP) is 1.15. The summed E-state index contributed by atoms with van der Waals surface area (Å²) in [5.74, 6) is 0.172. The highest BCUT2D eigenvalue weighted by Gasteiger charge is 2.24. The number of rotatable bonds is 4. The van der Waals surface area contributed by atoms with Gasteiger partial charge in [-0.1, -0.05) is 0 Å². The van der Waals surface area contributed by atoms with Crippen molar-refractivity contribution in [1.82, 2.24) is 25.2 Å². The van der Waals surface area contributed by atoms with Gasteiger partial charge in [-0.05, 0) is 30.9 Å². The monoisotopic (exact) mass is 325 g/mol. The molecular formula is C17H19N5O2. The van der Waals surface area contributed by atoms with Gasteiger partial charge >= 0.3 is 0 Å². The third kappa shape index (κ3) is 3.92. The maximum atomic E-state index is 12.4. The zero-order valence-corrected chi connectivity index (χ0v) is 13.3. The van der Waals surface area contributed by atoms with Gasteiger partial charge in [0.05, 0.1) is 11.8 Å². The first kappa shape index (κ1) is 16.0. The van der Waals surface area contributed by atoms with Crippen molar-refractivity contribution in [3.63, 3.8) is 0 Å². The van der Waals surface area contributed by atoms with Crippen LogP contribution in [0.15, 0.2) is 43.1 Å². The van der Waals surface area contributed by atoms with Gasteiger partial charge in [0.25, 0.3) is 11.8 Å². The van der Waals surface area contributed by atoms with Crippen molar-refractivity contribution in [2.24, 2.45) is 5.92 Å². The Morgan fingerprint density at radius 3 is 2.58 bits per heavy atom. The van der Waals surface area contributed by atoms with E-state index >= 15 is 0 Å². The summed E-state index contributed by atoms with van der Waals surface area (Å²) >= 11 is 0. The smallest absolute Gasteiger partial charge is 0.271 e. The molecule has 0 atom stereocenters. The summed E-state index contributed by atoms with van der Waals surface area (Å²) in [6.07, 6.45) is 9.46. The van der Waals surface area contributed by atoms with E-state index in [4.69, 9.17) is 0 Å². The van der Waals surface area contributed by atoms with E-state index in [1.54, 1.807) is 24.5 Å². The molecule has 3 rings (SSSR count). The lowest BCUT2D eigenvalue weighted by molar-refractivity contribution is 0.0683. The lowest BCUT2D eigenvalue weighted by Gasteiger charge is -2.32. The van der Waals surface area contributed by atoms with Crippen LogP contribution in [-0.4, -0.2) is 51.3 Å². The average molecular weight is 325 g/mol. The molecule has 7 heteroatoms. The van der Waals surface area contributed by atoms with E-state index in [1.807, 2.05) is 4.90 Å². The molecular weight excluding hydrogens is 306 g/mol. The number of amides is 2. The summed E-state index contributed by atoms with van der Waals surface area (Å²) in [6, 6.07) is 3.55. The van der Waals surface area contributed by atoms with Crippen LogP contribution in [0.1, 0.15) is 33.7 Å². The van der Waals surface area contributed by atoms with E-state index in [0.29, 0.717) is 36.8 Å². The maximum Gasteiger partial charge on any atom is 0.271 e. The van der Waals surface area contributed by atoms with Crippen LogP contribution in [0.5, 0.6) is 0 Å². The van der Waals surface area contributed by atoms with E-state index in [2.05, 4.69) is 20.3 Å². The Kier molecular flexibility index (Phi) is 5.10. The van der Waals surface area contributed by atoms with Crippen molar-refractivity contribution < 1.29 is 9.59 Å². The summed E-state index contributed by atoms with van der Waals surface area (Å²) in [5, 5.41) is 2.89. The SMILES string of the molecule is O=C(NCC1CCN(C(=O)c2cccnc2)CC1)c1cnccn1. The molecule has 1 N–H and O–H groups in total. The van der Waals surface area contributed by atoms with Gasteiger partial charge in [-0.3, -0.25) is 19.6 Å². The van der Waals surface area contributed by atoms with Gasteiger partial charge in [-0.2, -0.15) is 0 Å². The number of nitrogens with zero attached hydrogens (tertiary/aromatic N) is 4. The molecule has 1 aliphatic heterocycles. The van der Waals surface area contributed by atoms with E-state index < -0.39 is 0 Å². The second kappa shape index (κ2) is 7.63. The largest absolute Gasteiger partial charge is 0.350 e. The molecule has 24 heavy (non-hydrogen) atoms. The molecule has 7 nitrogen and oxygen atoms in total. The minimum Gasteiger partial charge on any atom is -0.350 e. The minimum atomic E-state index is -0.211. The molecule has 1 fully saturated rings. The number of hydrogen-bond donors (Lipinski definition) is 1. The Morgan fingerprint density at radius 1 is 1.12 bits per heavy atom. The molecule has 1 aliphatic rings. The van der Waals surface area contributed by atoms with Crippen LogP contribution in [0, 0.1) is 5.92 Å². The summed E-state index contributed by atoms with van der Waals surface area (Å²) in [4.78, 5) is 38.0. The van der Waals surface area contributed by atoms with Crippen LogP contribution >= 0.6 is 0 Å². The number of hydrogen-bond acceptors (Lipinski definition) is 5. The molecule has 2 amide bonds. The highest BCUT2D eigenvalue weighted by atomic mass is 16.2. The van der Waals surface area contributed by atoms with Crippen LogP contribution in [0.25, 0.3) is 0 Å². The number of likely N-dealkylation sites (tertiary alicyclic amines) is 1. The summed E-state index contributed by atoms with van der Waals surface area (Å²) < 4.78 is 0. The fraction of sp³-hybridized carbons (Fsp3) is 0.353. The molecule has 3 heterocycles. The first-order valence-electron chi connectivity index (χ1n) is 7.97. The number of carbonyl (C=O) groups excluding carboxylic acids is 2. The molecule has 124 valence electrons. The maximum absolute atomic E-state index is 12.4. The van der Waals surface area contributed by atoms with E-state index in [-0.39, 0.29) is 11.8 Å². The number of aromatic nitrogens is 3. The van der Waals surface area contributed by atoms with Crippen LogP contribution in [0.4, 0.5) is 0 Å². The molecule has 0 spiro atoms. The Bertz CT molecular complexity index is 685. The first-order valence-corrected chi connectivity index (χ1v) is 7.97. The molecule has 2 aromatic heterocycles. The lowest BCUT2D eigenvalue weighted by Crippen LogP contribution is -2.41. The Morgan fingerprint density at radius 2 is 1.92 bits per heavy atom. The van der Waals surface area contributed by atoms with Crippen molar-refractivity contribution in [2.75, 3.05) is 19.6 Å². The van der Waals surface area contributed by atoms with Crippen LogP contribution in [0.3, 0.4) is 0 Å². The van der Waals surface area contributed by atoms with Gasteiger partial charge < -0.3 is 10.2 Å². The van der Waals surface area contributed by atoms with Gasteiger partial charge in [-0.15, -0.1) is 0 Å². The average Bonchev–Trinajstić information content (AvgIpc) is 2.67. The third-order valence-corrected chi connectivity index (χ3v) is 4.16. The Labute approximate surface area is 140 Å². The van der Waals surface area contributed by atoms with Crippen LogP contribution < -0.4 is 5.32 Å². The molecule has 0 aliphatic carbocycles. The number of carbonyl (C=O) groups is 2. The highest BCUT2D eigenvalue weighted by Crippen LogP contribution is 2.18. The van der Waals surface area contributed by atoms with E-state index in [1.165, 1.54) is 18.6 Å². The fourth-order valence-corrected chi connectivity index (χ4v) is 2.76. The predicted molar refractivity (Wildman–Crippen MR) is 87.2 cm³/mol. The lowest BCUT2D eigenvalue weighted by atomic mass is 9.96. The normalized spacial score (nSPS) is 15.1. The highest BCUT2D eigenvalue weighted by molar-refractivity contribution is 5.94. The second-order valence-corrected chi connectivity index (χ2v) is 5.78. The molecule has 0 radical (unpaired) electrons. The summed E-state index contributed by atoms with van der Waals surface area (Å²) in [5.41, 5.74) is 0.939. The first-order chi connectivity index (χ1) is 11.7. The molecule has 0 unspecified atom stereocenters. The summed E-state index contributed by atoms with van der Waals surface area (Å²) in [7, 11) is 0. The van der Waals surface area contributed by atoms with E-state index in [0.717, 1.165) is 12.8 Å². The van der Waals surface area contributed by atoms with Crippen molar-refractivity contribution >= 4 is 11.8 Å². The summed E-state index contributed by atoms with van der Waals surface area (Å²) in [6.45, 7) is 1.98. The second-order valence-electron chi connectivity index (χ2n) is 5.78. The number of piperidine rings is 1. The molecule has 1 saturated heterocycles. The van der Waals surface area contributed by atoms with Gasteiger partial charge in [0.2, 0.25) is 0 Å². The van der Waals surface area contributed by atoms with Gasteiger partial charge in [0.15, 0.2) is 0 Å². The van der Waals surface area contributed by atoms with Gasteiger partial charge in [0.1, 0.15) is 5.69 Å². The van der Waals surface area contributed by atoms with Crippen LogP contribution in [-0.2, 0) is 0 Å². The zero-order chi connectivity index (χ0) is 16.8. The van der Waals surface area contributed by atoms with Crippen molar-refractivity contribution in [1.29, 1.82) is 0 Å². The van der Waals surface area contributed by atoms with E-state index in [9.17, 15) is 9.59 Å².